The van der Waals surface area contributed by atoms with Gasteiger partial charge in [-0.1, -0.05) is 34.8 Å². The van der Waals surface area contributed by atoms with Crippen molar-refractivity contribution in [3.05, 3.63) is 56.1 Å². The van der Waals surface area contributed by atoms with Crippen LogP contribution < -0.4 is 5.32 Å². The van der Waals surface area contributed by atoms with Crippen molar-refractivity contribution in [2.24, 2.45) is 0 Å². The lowest BCUT2D eigenvalue weighted by Crippen LogP contribution is -2.03. The molecule has 4 nitrogen and oxygen atoms in total. The van der Waals surface area contributed by atoms with Gasteiger partial charge >= 0.3 is 0 Å². The second-order valence-corrected chi connectivity index (χ2v) is 6.32. The van der Waals surface area contributed by atoms with E-state index in [2.05, 4.69) is 31.2 Å². The quantitative estimate of drug-likeness (QED) is 0.618. The van der Waals surface area contributed by atoms with Crippen LogP contribution in [0.15, 0.2) is 35.3 Å². The number of hydrogen-bond acceptors (Lipinski definition) is 3. The molecule has 0 aliphatic rings. The predicted molar refractivity (Wildman–Crippen MR) is 89.5 cm³/mol. The molecule has 2 aromatic heterocycles. The van der Waals surface area contributed by atoms with Gasteiger partial charge in [-0.05, 0) is 28.1 Å². The fourth-order valence-electron chi connectivity index (χ4n) is 1.89. The van der Waals surface area contributed by atoms with Crippen molar-refractivity contribution in [1.29, 1.82) is 0 Å². The molecule has 1 aromatic carbocycles. The molecular formula is C13H8BrCl3N4. The fraction of sp³-hybridized carbons (Fsp3) is 0.0769. The van der Waals surface area contributed by atoms with Crippen molar-refractivity contribution in [2.75, 3.05) is 5.32 Å². The number of benzene rings is 1. The normalized spacial score (nSPS) is 11.0. The van der Waals surface area contributed by atoms with Crippen LogP contribution in [0.3, 0.4) is 0 Å². The minimum absolute atomic E-state index is 0.428. The molecule has 0 unspecified atom stereocenters. The first-order valence-electron chi connectivity index (χ1n) is 5.90. The molecule has 0 amide bonds. The average Bonchev–Trinajstić information content (AvgIpc) is 2.84. The fourth-order valence-corrected chi connectivity index (χ4v) is 2.81. The van der Waals surface area contributed by atoms with Gasteiger partial charge in [0.1, 0.15) is 4.60 Å². The molecule has 108 valence electrons. The molecule has 2 heterocycles. The summed E-state index contributed by atoms with van der Waals surface area (Å²) in [5.41, 5.74) is 2.46. The first-order valence-corrected chi connectivity index (χ1v) is 7.83. The lowest BCUT2D eigenvalue weighted by molar-refractivity contribution is 0.983. The third-order valence-corrected chi connectivity index (χ3v) is 4.36. The lowest BCUT2D eigenvalue weighted by atomic mass is 10.3. The van der Waals surface area contributed by atoms with E-state index < -0.39 is 0 Å². The number of rotatable bonds is 3. The molecule has 0 saturated heterocycles. The SMILES string of the molecule is Clc1cc(Cl)c(NCc2cnc3cnc(Br)cn23)cc1Cl. The van der Waals surface area contributed by atoms with Gasteiger partial charge in [0.05, 0.1) is 45.4 Å². The van der Waals surface area contributed by atoms with E-state index in [1.54, 1.807) is 24.5 Å². The summed E-state index contributed by atoms with van der Waals surface area (Å²) in [5, 5.41) is 4.62. The van der Waals surface area contributed by atoms with Crippen LogP contribution in [0.25, 0.3) is 5.65 Å². The number of halogens is 4. The second-order valence-electron chi connectivity index (χ2n) is 4.29. The first-order chi connectivity index (χ1) is 10.0. The van der Waals surface area contributed by atoms with Gasteiger partial charge in [-0.2, -0.15) is 0 Å². The van der Waals surface area contributed by atoms with E-state index in [1.165, 1.54) is 0 Å². The molecule has 21 heavy (non-hydrogen) atoms. The molecule has 0 radical (unpaired) electrons. The smallest absolute Gasteiger partial charge is 0.155 e. The maximum atomic E-state index is 6.14. The summed E-state index contributed by atoms with van der Waals surface area (Å²) in [5.74, 6) is 0. The van der Waals surface area contributed by atoms with Gasteiger partial charge in [-0.15, -0.1) is 0 Å². The van der Waals surface area contributed by atoms with Gasteiger partial charge in [-0.25, -0.2) is 9.97 Å². The standard InChI is InChI=1S/C13H8BrCl3N4/c14-12-6-21-7(4-20-13(21)5-19-12)3-18-11-2-9(16)8(15)1-10(11)17/h1-2,4-6,18H,3H2. The summed E-state index contributed by atoms with van der Waals surface area (Å²) >= 11 is 21.4. The van der Waals surface area contributed by atoms with E-state index in [0.717, 1.165) is 15.9 Å². The zero-order valence-corrected chi connectivity index (χ0v) is 14.3. The van der Waals surface area contributed by atoms with E-state index in [4.69, 9.17) is 34.8 Å². The number of nitrogens with zero attached hydrogens (tertiary/aromatic N) is 3. The summed E-state index contributed by atoms with van der Waals surface area (Å²) < 4.78 is 2.68. The van der Waals surface area contributed by atoms with Crippen molar-refractivity contribution in [1.82, 2.24) is 14.4 Å². The van der Waals surface area contributed by atoms with Crippen LogP contribution in [0, 0.1) is 0 Å². The van der Waals surface area contributed by atoms with Crippen molar-refractivity contribution < 1.29 is 0 Å². The number of hydrogen-bond donors (Lipinski definition) is 1. The van der Waals surface area contributed by atoms with Gasteiger partial charge in [0, 0.05) is 6.20 Å². The highest BCUT2D eigenvalue weighted by molar-refractivity contribution is 9.10. The third kappa shape index (κ3) is 3.11. The molecule has 0 spiro atoms. The average molecular weight is 406 g/mol. The van der Waals surface area contributed by atoms with Crippen LogP contribution in [0.4, 0.5) is 5.69 Å². The van der Waals surface area contributed by atoms with Crippen molar-refractivity contribution in [3.8, 4) is 0 Å². The Kier molecular flexibility index (Phi) is 4.26. The summed E-state index contributed by atoms with van der Waals surface area (Å²) in [4.78, 5) is 8.42. The first kappa shape index (κ1) is 14.9. The van der Waals surface area contributed by atoms with E-state index in [9.17, 15) is 0 Å². The Morgan fingerprint density at radius 3 is 2.62 bits per heavy atom. The number of aromatic nitrogens is 3. The molecule has 8 heteroatoms. The molecule has 0 bridgehead atoms. The van der Waals surface area contributed by atoms with Crippen molar-refractivity contribution >= 4 is 62.1 Å². The number of fused-ring (bicyclic) bond motifs is 1. The van der Waals surface area contributed by atoms with Crippen LogP contribution >= 0.6 is 50.7 Å². The number of anilines is 1. The highest BCUT2D eigenvalue weighted by Gasteiger charge is 2.08. The number of imidazole rings is 1. The van der Waals surface area contributed by atoms with Crippen LogP contribution in [0.2, 0.25) is 15.1 Å². The Balaban J connectivity index is 1.87. The summed E-state index contributed by atoms with van der Waals surface area (Å²) in [6.07, 6.45) is 5.33. The summed E-state index contributed by atoms with van der Waals surface area (Å²) in [6.45, 7) is 0.537. The van der Waals surface area contributed by atoms with E-state index in [1.807, 2.05) is 10.6 Å². The van der Waals surface area contributed by atoms with Crippen LogP contribution in [0.1, 0.15) is 5.69 Å². The Morgan fingerprint density at radius 2 is 1.81 bits per heavy atom. The van der Waals surface area contributed by atoms with Crippen LogP contribution in [-0.4, -0.2) is 14.4 Å². The Bertz CT molecular complexity index is 819. The Hall–Kier alpha value is -1.01. The van der Waals surface area contributed by atoms with Crippen molar-refractivity contribution in [3.63, 3.8) is 0 Å². The number of nitrogens with one attached hydrogen (secondary N) is 1. The molecule has 1 N–H and O–H groups in total. The highest BCUT2D eigenvalue weighted by Crippen LogP contribution is 2.32. The van der Waals surface area contributed by atoms with Gasteiger partial charge in [0.25, 0.3) is 0 Å². The largest absolute Gasteiger partial charge is 0.378 e. The maximum absolute atomic E-state index is 6.14. The topological polar surface area (TPSA) is 42.2 Å². The van der Waals surface area contributed by atoms with E-state index in [-0.39, 0.29) is 0 Å². The second kappa shape index (κ2) is 6.01. The van der Waals surface area contributed by atoms with Gasteiger partial charge in [0.15, 0.2) is 5.65 Å². The molecule has 0 aliphatic carbocycles. The molecule has 0 aliphatic heterocycles. The van der Waals surface area contributed by atoms with Crippen LogP contribution in [-0.2, 0) is 6.54 Å². The molecular weight excluding hydrogens is 398 g/mol. The van der Waals surface area contributed by atoms with E-state index in [0.29, 0.717) is 27.3 Å². The predicted octanol–water partition coefficient (Wildman–Crippen LogP) is 5.06. The minimum atomic E-state index is 0.428. The zero-order chi connectivity index (χ0) is 15.0. The van der Waals surface area contributed by atoms with E-state index >= 15 is 0 Å². The molecule has 0 saturated carbocycles. The molecule has 3 aromatic rings. The van der Waals surface area contributed by atoms with Gasteiger partial charge < -0.3 is 5.32 Å². The zero-order valence-electron chi connectivity index (χ0n) is 10.4. The minimum Gasteiger partial charge on any atom is -0.378 e. The van der Waals surface area contributed by atoms with Crippen molar-refractivity contribution in [2.45, 2.75) is 6.54 Å². The van der Waals surface area contributed by atoms with Gasteiger partial charge in [0.2, 0.25) is 0 Å². The van der Waals surface area contributed by atoms with Gasteiger partial charge in [-0.3, -0.25) is 4.40 Å². The van der Waals surface area contributed by atoms with Crippen LogP contribution in [0.5, 0.6) is 0 Å². The monoisotopic (exact) mass is 404 g/mol. The highest BCUT2D eigenvalue weighted by atomic mass is 79.9. The maximum Gasteiger partial charge on any atom is 0.155 e. The third-order valence-electron chi connectivity index (χ3n) is 2.91. The lowest BCUT2D eigenvalue weighted by Gasteiger charge is -2.09. The molecule has 3 rings (SSSR count). The Labute approximate surface area is 144 Å². The summed E-state index contributed by atoms with van der Waals surface area (Å²) in [6, 6.07) is 3.32. The molecule has 0 fully saturated rings. The molecule has 0 atom stereocenters. The summed E-state index contributed by atoms with van der Waals surface area (Å²) in [7, 11) is 0. The Morgan fingerprint density at radius 1 is 1.05 bits per heavy atom.